The van der Waals surface area contributed by atoms with Crippen LogP contribution < -0.4 is 9.47 Å². The number of ether oxygens (including phenoxy) is 2. The van der Waals surface area contributed by atoms with Crippen molar-refractivity contribution in [2.75, 3.05) is 7.11 Å². The Labute approximate surface area is 147 Å². The molecule has 0 amide bonds. The van der Waals surface area contributed by atoms with Crippen LogP contribution in [0.15, 0.2) is 30.3 Å². The van der Waals surface area contributed by atoms with Crippen molar-refractivity contribution in [1.82, 2.24) is 4.98 Å². The molecule has 24 heavy (non-hydrogen) atoms. The van der Waals surface area contributed by atoms with Crippen molar-refractivity contribution in [3.8, 4) is 11.5 Å². The minimum Gasteiger partial charge on any atom is -0.497 e. The van der Waals surface area contributed by atoms with Crippen molar-refractivity contribution in [1.29, 1.82) is 0 Å². The monoisotopic (exact) mass is 379 g/mol. The first-order valence-electron chi connectivity index (χ1n) is 6.80. The maximum absolute atomic E-state index is 12.5. The normalized spacial score (nSPS) is 12.2. The van der Waals surface area contributed by atoms with E-state index in [0.717, 1.165) is 6.07 Å². The first kappa shape index (κ1) is 18.7. The molecule has 0 N–H and O–H groups in total. The second kappa shape index (κ2) is 6.69. The molecule has 130 valence electrons. The first-order valence-corrected chi connectivity index (χ1v) is 7.56. The molecule has 1 aromatic carbocycles. The Morgan fingerprint density at radius 2 is 1.58 bits per heavy atom. The number of rotatable bonds is 4. The fraction of sp³-hybridized carbons (Fsp3) is 0.312. The highest BCUT2D eigenvalue weighted by atomic mass is 35.5. The van der Waals surface area contributed by atoms with Gasteiger partial charge in [0, 0.05) is 16.5 Å². The van der Waals surface area contributed by atoms with Gasteiger partial charge in [0.1, 0.15) is 16.7 Å². The molecule has 0 atom stereocenters. The lowest BCUT2D eigenvalue weighted by Crippen LogP contribution is -2.22. The molecule has 0 aliphatic carbocycles. The molecule has 0 aliphatic heterocycles. The lowest BCUT2D eigenvalue weighted by atomic mass is 9.81. The molecule has 0 fully saturated rings. The number of pyridine rings is 1. The second-order valence-corrected chi connectivity index (χ2v) is 6.39. The van der Waals surface area contributed by atoms with E-state index >= 15 is 0 Å². The van der Waals surface area contributed by atoms with Crippen molar-refractivity contribution in [2.24, 2.45) is 0 Å². The van der Waals surface area contributed by atoms with Crippen molar-refractivity contribution in [2.45, 2.75) is 25.6 Å². The van der Waals surface area contributed by atoms with E-state index < -0.39 is 11.8 Å². The van der Waals surface area contributed by atoms with Crippen LogP contribution in [0.4, 0.5) is 13.2 Å². The topological polar surface area (TPSA) is 31.4 Å². The zero-order valence-corrected chi connectivity index (χ0v) is 14.6. The highest BCUT2D eigenvalue weighted by Gasteiger charge is 2.33. The predicted molar refractivity (Wildman–Crippen MR) is 86.1 cm³/mol. The van der Waals surface area contributed by atoms with Crippen molar-refractivity contribution >= 4 is 23.2 Å². The average molecular weight is 380 g/mol. The molecular formula is C16H14Cl2F3NO2. The Morgan fingerprint density at radius 1 is 0.958 bits per heavy atom. The lowest BCUT2D eigenvalue weighted by Gasteiger charge is -2.26. The summed E-state index contributed by atoms with van der Waals surface area (Å²) in [7, 11) is 1.36. The number of aromatic nitrogens is 1. The van der Waals surface area contributed by atoms with Crippen molar-refractivity contribution in [3.05, 3.63) is 51.8 Å². The molecule has 0 aliphatic rings. The molecule has 0 saturated carbocycles. The molecule has 1 heterocycles. The van der Waals surface area contributed by atoms with Crippen molar-refractivity contribution < 1.29 is 22.6 Å². The van der Waals surface area contributed by atoms with Gasteiger partial charge in [-0.3, -0.25) is 0 Å². The molecular weight excluding hydrogens is 366 g/mol. The molecule has 0 unspecified atom stereocenters. The van der Waals surface area contributed by atoms with Gasteiger partial charge >= 0.3 is 6.36 Å². The Balaban J connectivity index is 2.54. The van der Waals surface area contributed by atoms with Gasteiger partial charge < -0.3 is 9.47 Å². The van der Waals surface area contributed by atoms with Crippen LogP contribution in [0.1, 0.15) is 25.1 Å². The summed E-state index contributed by atoms with van der Waals surface area (Å²) in [5, 5.41) is 0.577. The van der Waals surface area contributed by atoms with Crippen LogP contribution >= 0.6 is 23.2 Å². The van der Waals surface area contributed by atoms with Crippen molar-refractivity contribution in [3.63, 3.8) is 0 Å². The summed E-state index contributed by atoms with van der Waals surface area (Å²) in [5.74, 6) is -0.147. The molecule has 0 saturated heterocycles. The quantitative estimate of drug-likeness (QED) is 0.645. The number of benzene rings is 1. The van der Waals surface area contributed by atoms with Crippen LogP contribution in [0.3, 0.4) is 0 Å². The molecule has 0 radical (unpaired) electrons. The molecule has 0 spiro atoms. The number of alkyl halides is 3. The largest absolute Gasteiger partial charge is 0.573 e. The average Bonchev–Trinajstić information content (AvgIpc) is 2.44. The Kier molecular flexibility index (Phi) is 5.20. The molecule has 0 bridgehead atoms. The Bertz CT molecular complexity index is 728. The summed E-state index contributed by atoms with van der Waals surface area (Å²) in [4.78, 5) is 4.22. The summed E-state index contributed by atoms with van der Waals surface area (Å²) >= 11 is 11.9. The highest BCUT2D eigenvalue weighted by Crippen LogP contribution is 2.37. The predicted octanol–water partition coefficient (Wildman–Crippen LogP) is 5.62. The fourth-order valence-electron chi connectivity index (χ4n) is 2.18. The van der Waals surface area contributed by atoms with E-state index in [2.05, 4.69) is 9.72 Å². The number of methoxy groups -OCH3 is 1. The molecule has 1 aromatic heterocycles. The van der Waals surface area contributed by atoms with E-state index in [-0.39, 0.29) is 16.7 Å². The van der Waals surface area contributed by atoms with Gasteiger partial charge in [0.05, 0.1) is 12.8 Å². The summed E-state index contributed by atoms with van der Waals surface area (Å²) in [6.45, 7) is 3.57. The van der Waals surface area contributed by atoms with Crippen LogP contribution in [-0.4, -0.2) is 18.5 Å². The minimum absolute atomic E-state index is 0.195. The van der Waals surface area contributed by atoms with Crippen LogP contribution in [0.2, 0.25) is 10.2 Å². The number of nitrogens with zero attached hydrogens (tertiary/aromatic N) is 1. The summed E-state index contributed by atoms with van der Waals surface area (Å²) in [5.41, 5.74) is 0.227. The van der Waals surface area contributed by atoms with Gasteiger partial charge in [0.2, 0.25) is 0 Å². The van der Waals surface area contributed by atoms with E-state index in [4.69, 9.17) is 27.9 Å². The van der Waals surface area contributed by atoms with E-state index in [9.17, 15) is 13.2 Å². The van der Waals surface area contributed by atoms with Gasteiger partial charge in [-0.05, 0) is 29.8 Å². The van der Waals surface area contributed by atoms with Crippen LogP contribution in [-0.2, 0) is 5.41 Å². The standard InChI is InChI=1S/C16H14Cl2F3NO2/c1-15(2,13-6-10(17)7-14(18)22-13)9-4-11(23-3)8-12(5-9)24-16(19,20)21/h4-8H,1-3H3. The van der Waals surface area contributed by atoms with Gasteiger partial charge in [-0.25, -0.2) is 4.98 Å². The zero-order chi connectivity index (χ0) is 18.1. The van der Waals surface area contributed by atoms with E-state index in [1.54, 1.807) is 26.0 Å². The molecule has 2 aromatic rings. The maximum Gasteiger partial charge on any atom is 0.573 e. The van der Waals surface area contributed by atoms with E-state index in [1.165, 1.54) is 19.2 Å². The number of hydrogen-bond donors (Lipinski definition) is 0. The summed E-state index contributed by atoms with van der Waals surface area (Å²) in [6.07, 6.45) is -4.80. The van der Waals surface area contributed by atoms with Crippen LogP contribution in [0.5, 0.6) is 11.5 Å². The van der Waals surface area contributed by atoms with Crippen LogP contribution in [0.25, 0.3) is 0 Å². The Hall–Kier alpha value is -1.66. The third-order valence-electron chi connectivity index (χ3n) is 3.47. The smallest absolute Gasteiger partial charge is 0.497 e. The Morgan fingerprint density at radius 3 is 2.12 bits per heavy atom. The fourth-order valence-corrected chi connectivity index (χ4v) is 2.65. The zero-order valence-electron chi connectivity index (χ0n) is 13.0. The molecule has 8 heteroatoms. The van der Waals surface area contributed by atoms with Gasteiger partial charge in [-0.2, -0.15) is 0 Å². The van der Waals surface area contributed by atoms with Gasteiger partial charge in [0.15, 0.2) is 0 Å². The van der Waals surface area contributed by atoms with Crippen LogP contribution in [0, 0.1) is 0 Å². The maximum atomic E-state index is 12.5. The SMILES string of the molecule is COc1cc(OC(F)(F)F)cc(C(C)(C)c2cc(Cl)cc(Cl)n2)c1. The second-order valence-electron chi connectivity index (χ2n) is 5.56. The highest BCUT2D eigenvalue weighted by molar-refractivity contribution is 6.33. The lowest BCUT2D eigenvalue weighted by molar-refractivity contribution is -0.274. The van der Waals surface area contributed by atoms with E-state index in [1.807, 2.05) is 0 Å². The molecule has 3 nitrogen and oxygen atoms in total. The van der Waals surface area contributed by atoms with E-state index in [0.29, 0.717) is 16.3 Å². The molecule has 2 rings (SSSR count). The number of hydrogen-bond acceptors (Lipinski definition) is 3. The summed E-state index contributed by atoms with van der Waals surface area (Å²) < 4.78 is 46.7. The first-order chi connectivity index (χ1) is 11.0. The van der Waals surface area contributed by atoms with Gasteiger partial charge in [-0.1, -0.05) is 37.0 Å². The number of halogens is 5. The van der Waals surface area contributed by atoms with Gasteiger partial charge in [-0.15, -0.1) is 13.2 Å². The summed E-state index contributed by atoms with van der Waals surface area (Å²) in [6, 6.07) is 7.14. The van der Waals surface area contributed by atoms with Gasteiger partial charge in [0.25, 0.3) is 0 Å². The third kappa shape index (κ3) is 4.45. The third-order valence-corrected chi connectivity index (χ3v) is 3.88. The minimum atomic E-state index is -4.80.